The normalized spacial score (nSPS) is 11.7. The first kappa shape index (κ1) is 13.9. The molecule has 4 heteroatoms. The Morgan fingerprint density at radius 1 is 0.609 bits per heavy atom. The summed E-state index contributed by atoms with van der Waals surface area (Å²) in [6.45, 7) is 2.18. The van der Waals surface area contributed by atoms with E-state index in [2.05, 4.69) is 60.8 Å². The van der Waals surface area contributed by atoms with Crippen LogP contribution in [0.15, 0.2) is 53.9 Å². The minimum absolute atomic E-state index is 1.32. The van der Waals surface area contributed by atoms with Crippen LogP contribution >= 0.6 is 45.3 Å². The quantitative estimate of drug-likeness (QED) is 0.297. The third kappa shape index (κ3) is 2.37. The minimum Gasteiger partial charge on any atom is -0.143 e. The minimum atomic E-state index is 1.32. The van der Waals surface area contributed by atoms with Crippen molar-refractivity contribution in [2.45, 2.75) is 6.92 Å². The fraction of sp³-hybridized carbons (Fsp3) is 0.0526. The van der Waals surface area contributed by atoms with E-state index >= 15 is 0 Å². The third-order valence-electron chi connectivity index (χ3n) is 3.92. The van der Waals surface area contributed by atoms with Crippen molar-refractivity contribution >= 4 is 64.1 Å². The highest BCUT2D eigenvalue weighted by atomic mass is 32.1. The van der Waals surface area contributed by atoms with Gasteiger partial charge in [-0.3, -0.25) is 0 Å². The first-order chi connectivity index (χ1) is 11.3. The largest absolute Gasteiger partial charge is 0.143 e. The van der Waals surface area contributed by atoms with E-state index in [4.69, 9.17) is 0 Å². The molecule has 112 valence electrons. The summed E-state index contributed by atoms with van der Waals surface area (Å²) in [5.74, 6) is 0. The average molecular weight is 369 g/mol. The lowest BCUT2D eigenvalue weighted by molar-refractivity contribution is 1.66. The molecule has 0 unspecified atom stereocenters. The molecule has 0 spiro atoms. The molecule has 4 aromatic heterocycles. The van der Waals surface area contributed by atoms with Crippen molar-refractivity contribution in [2.75, 3.05) is 0 Å². The fourth-order valence-electron chi connectivity index (χ4n) is 2.81. The molecule has 0 aliphatic rings. The molecule has 0 atom stereocenters. The van der Waals surface area contributed by atoms with Gasteiger partial charge in [0, 0.05) is 33.4 Å². The Labute approximate surface area is 150 Å². The van der Waals surface area contributed by atoms with E-state index in [1.807, 2.05) is 45.3 Å². The smallest absolute Gasteiger partial charge is 0.0459 e. The van der Waals surface area contributed by atoms with Crippen LogP contribution in [0.3, 0.4) is 0 Å². The highest BCUT2D eigenvalue weighted by molar-refractivity contribution is 7.29. The SMILES string of the molecule is Cc1cc2sc(-c3ccc(-c4cc5sccc5s4)cc3)cc2s1. The predicted molar refractivity (Wildman–Crippen MR) is 109 cm³/mol. The number of benzene rings is 1. The standard InChI is InChI=1S/C19H12S4/c1-11-8-18-19(21-11)10-16(23-18)13-4-2-12(3-5-13)15-9-17-14(22-15)6-7-20-17/h2-10H,1H3. The van der Waals surface area contributed by atoms with Gasteiger partial charge in [0.05, 0.1) is 0 Å². The van der Waals surface area contributed by atoms with Crippen molar-refractivity contribution in [3.8, 4) is 20.9 Å². The molecule has 5 aromatic rings. The lowest BCUT2D eigenvalue weighted by atomic mass is 10.1. The van der Waals surface area contributed by atoms with E-state index in [-0.39, 0.29) is 0 Å². The maximum atomic E-state index is 2.33. The Hall–Kier alpha value is -1.46. The van der Waals surface area contributed by atoms with Crippen molar-refractivity contribution in [1.82, 2.24) is 0 Å². The molecule has 1 aromatic carbocycles. The highest BCUT2D eigenvalue weighted by Gasteiger charge is 2.09. The van der Waals surface area contributed by atoms with Gasteiger partial charge in [0.1, 0.15) is 0 Å². The lowest BCUT2D eigenvalue weighted by Crippen LogP contribution is -1.74. The second-order valence-corrected chi connectivity index (χ2v) is 9.94. The molecule has 0 radical (unpaired) electrons. The van der Waals surface area contributed by atoms with Gasteiger partial charge in [0.2, 0.25) is 0 Å². The van der Waals surface area contributed by atoms with Crippen LogP contribution in [0.25, 0.3) is 39.7 Å². The Kier molecular flexibility index (Phi) is 3.20. The third-order valence-corrected chi connectivity index (χ3v) is 8.32. The van der Waals surface area contributed by atoms with Crippen LogP contribution in [0.4, 0.5) is 0 Å². The van der Waals surface area contributed by atoms with Gasteiger partial charge in [-0.2, -0.15) is 0 Å². The van der Waals surface area contributed by atoms with Gasteiger partial charge in [0.15, 0.2) is 0 Å². The van der Waals surface area contributed by atoms with Crippen LogP contribution in [-0.2, 0) is 0 Å². The van der Waals surface area contributed by atoms with Crippen LogP contribution < -0.4 is 0 Å². The van der Waals surface area contributed by atoms with Crippen molar-refractivity contribution in [2.24, 2.45) is 0 Å². The van der Waals surface area contributed by atoms with Crippen molar-refractivity contribution in [1.29, 1.82) is 0 Å². The van der Waals surface area contributed by atoms with Crippen LogP contribution in [0, 0.1) is 6.92 Å². The Morgan fingerprint density at radius 3 is 1.87 bits per heavy atom. The Morgan fingerprint density at radius 2 is 1.22 bits per heavy atom. The maximum Gasteiger partial charge on any atom is 0.0459 e. The highest BCUT2D eigenvalue weighted by Crippen LogP contribution is 2.40. The summed E-state index contributed by atoms with van der Waals surface area (Å²) >= 11 is 7.48. The van der Waals surface area contributed by atoms with Gasteiger partial charge in [0.25, 0.3) is 0 Å². The van der Waals surface area contributed by atoms with Gasteiger partial charge in [-0.15, -0.1) is 45.3 Å². The zero-order chi connectivity index (χ0) is 15.4. The molecule has 0 saturated heterocycles. The molecule has 0 saturated carbocycles. The average Bonchev–Trinajstić information content (AvgIpc) is 3.25. The monoisotopic (exact) mass is 368 g/mol. The molecule has 23 heavy (non-hydrogen) atoms. The van der Waals surface area contributed by atoms with Gasteiger partial charge in [-0.05, 0) is 47.7 Å². The van der Waals surface area contributed by atoms with Gasteiger partial charge < -0.3 is 0 Å². The molecule has 5 rings (SSSR count). The van der Waals surface area contributed by atoms with Crippen molar-refractivity contribution < 1.29 is 0 Å². The van der Waals surface area contributed by atoms with Crippen LogP contribution in [0.2, 0.25) is 0 Å². The second-order valence-electron chi connectivity index (χ2n) is 5.53. The molecule has 4 heterocycles. The van der Waals surface area contributed by atoms with E-state index in [1.165, 1.54) is 44.6 Å². The molecule has 0 bridgehead atoms. The van der Waals surface area contributed by atoms with Gasteiger partial charge in [-0.1, -0.05) is 24.3 Å². The first-order valence-electron chi connectivity index (χ1n) is 7.34. The van der Waals surface area contributed by atoms with Gasteiger partial charge in [-0.25, -0.2) is 0 Å². The topological polar surface area (TPSA) is 0 Å². The summed E-state index contributed by atoms with van der Waals surface area (Å²) in [6.07, 6.45) is 0. The zero-order valence-corrected chi connectivity index (χ0v) is 15.6. The van der Waals surface area contributed by atoms with Crippen molar-refractivity contribution in [3.63, 3.8) is 0 Å². The van der Waals surface area contributed by atoms with Crippen LogP contribution in [-0.4, -0.2) is 0 Å². The molecular weight excluding hydrogens is 356 g/mol. The second kappa shape index (κ2) is 5.28. The van der Waals surface area contributed by atoms with Crippen LogP contribution in [0.5, 0.6) is 0 Å². The molecular formula is C19H12S4. The van der Waals surface area contributed by atoms with E-state index in [0.717, 1.165) is 0 Å². The number of fused-ring (bicyclic) bond motifs is 2. The van der Waals surface area contributed by atoms with E-state index in [9.17, 15) is 0 Å². The van der Waals surface area contributed by atoms with E-state index in [0.29, 0.717) is 0 Å². The summed E-state index contributed by atoms with van der Waals surface area (Å²) in [5.41, 5.74) is 2.63. The lowest BCUT2D eigenvalue weighted by Gasteiger charge is -2.00. The first-order valence-corrected chi connectivity index (χ1v) is 10.7. The Bertz CT molecular complexity index is 1060. The molecule has 0 N–H and O–H groups in total. The van der Waals surface area contributed by atoms with Gasteiger partial charge >= 0.3 is 0 Å². The summed E-state index contributed by atoms with van der Waals surface area (Å²) in [4.78, 5) is 4.12. The molecule has 0 nitrogen and oxygen atoms in total. The molecule has 0 aliphatic carbocycles. The summed E-state index contributed by atoms with van der Waals surface area (Å²) in [6, 6.07) is 18.2. The van der Waals surface area contributed by atoms with Crippen molar-refractivity contribution in [3.05, 3.63) is 58.8 Å². The number of thiophene rings is 4. The zero-order valence-electron chi connectivity index (χ0n) is 12.3. The summed E-state index contributed by atoms with van der Waals surface area (Å²) in [5, 5.41) is 2.16. The van der Waals surface area contributed by atoms with Crippen LogP contribution in [0.1, 0.15) is 4.88 Å². The molecule has 0 aliphatic heterocycles. The Balaban J connectivity index is 1.52. The molecule has 0 fully saturated rings. The summed E-state index contributed by atoms with van der Waals surface area (Å²) in [7, 11) is 0. The summed E-state index contributed by atoms with van der Waals surface area (Å²) < 4.78 is 5.60. The molecule has 0 amide bonds. The maximum absolute atomic E-state index is 2.33. The van der Waals surface area contributed by atoms with E-state index < -0.39 is 0 Å². The number of hydrogen-bond donors (Lipinski definition) is 0. The number of aryl methyl sites for hydroxylation is 1. The fourth-order valence-corrected chi connectivity index (χ4v) is 7.24. The number of hydrogen-bond acceptors (Lipinski definition) is 4. The number of rotatable bonds is 2. The van der Waals surface area contributed by atoms with E-state index in [1.54, 1.807) is 0 Å². The predicted octanol–water partition coefficient (Wildman–Crippen LogP) is 7.88.